The quantitative estimate of drug-likeness (QED) is 0.218. The van der Waals surface area contributed by atoms with Crippen molar-refractivity contribution in [3.63, 3.8) is 0 Å². The molecular formula is C24H19ClO5. The average molecular weight is 423 g/mol. The molecule has 6 heteroatoms. The molecule has 0 spiro atoms. The Balaban J connectivity index is 1.65. The number of halogens is 1. The van der Waals surface area contributed by atoms with Crippen LogP contribution >= 0.6 is 11.6 Å². The van der Waals surface area contributed by atoms with Gasteiger partial charge in [-0.2, -0.15) is 0 Å². The molecule has 0 amide bonds. The molecule has 0 aliphatic rings. The van der Waals surface area contributed by atoms with E-state index in [2.05, 4.69) is 0 Å². The van der Waals surface area contributed by atoms with Crippen molar-refractivity contribution in [1.29, 1.82) is 0 Å². The zero-order valence-corrected chi connectivity index (χ0v) is 17.2. The van der Waals surface area contributed by atoms with Gasteiger partial charge >= 0.3 is 5.97 Å². The van der Waals surface area contributed by atoms with E-state index in [1.807, 2.05) is 6.07 Å². The number of ether oxygens (including phenoxy) is 3. The first-order chi connectivity index (χ1) is 14.5. The van der Waals surface area contributed by atoms with Crippen molar-refractivity contribution in [1.82, 2.24) is 0 Å². The summed E-state index contributed by atoms with van der Waals surface area (Å²) in [5, 5.41) is 0.538. The molecule has 0 N–H and O–H groups in total. The molecule has 0 atom stereocenters. The summed E-state index contributed by atoms with van der Waals surface area (Å²) < 4.78 is 15.8. The van der Waals surface area contributed by atoms with E-state index in [9.17, 15) is 9.59 Å². The SMILES string of the molecule is COc1ccc(/C=C/C(=O)c2ccc(OC(=O)c3ccc(Cl)cc3)cc2)cc1OC. The van der Waals surface area contributed by atoms with Gasteiger partial charge < -0.3 is 14.2 Å². The van der Waals surface area contributed by atoms with Crippen LogP contribution in [-0.2, 0) is 0 Å². The fourth-order valence-corrected chi connectivity index (χ4v) is 2.79. The lowest BCUT2D eigenvalue weighted by Crippen LogP contribution is -2.08. The first kappa shape index (κ1) is 21.1. The Kier molecular flexibility index (Phi) is 6.88. The van der Waals surface area contributed by atoms with Gasteiger partial charge in [0, 0.05) is 10.6 Å². The lowest BCUT2D eigenvalue weighted by molar-refractivity contribution is 0.0734. The smallest absolute Gasteiger partial charge is 0.343 e. The van der Waals surface area contributed by atoms with Gasteiger partial charge in [0.2, 0.25) is 0 Å². The van der Waals surface area contributed by atoms with Crippen LogP contribution in [0.4, 0.5) is 0 Å². The van der Waals surface area contributed by atoms with Gasteiger partial charge in [-0.3, -0.25) is 4.79 Å². The third-order valence-corrected chi connectivity index (χ3v) is 4.52. The highest BCUT2D eigenvalue weighted by Crippen LogP contribution is 2.28. The molecule has 30 heavy (non-hydrogen) atoms. The van der Waals surface area contributed by atoms with Crippen molar-refractivity contribution < 1.29 is 23.8 Å². The molecule has 5 nitrogen and oxygen atoms in total. The zero-order chi connectivity index (χ0) is 21.5. The number of allylic oxidation sites excluding steroid dienone is 1. The van der Waals surface area contributed by atoms with Gasteiger partial charge in [-0.15, -0.1) is 0 Å². The fraction of sp³-hybridized carbons (Fsp3) is 0.0833. The monoisotopic (exact) mass is 422 g/mol. The standard InChI is InChI=1S/C24H19ClO5/c1-28-22-14-4-16(15-23(22)29-2)3-13-21(26)17-7-11-20(12-8-17)30-24(27)18-5-9-19(25)10-6-18/h3-15H,1-2H3/b13-3+. The van der Waals surface area contributed by atoms with Gasteiger partial charge in [-0.05, 0) is 72.3 Å². The third kappa shape index (κ3) is 5.27. The Morgan fingerprint density at radius 3 is 2.07 bits per heavy atom. The van der Waals surface area contributed by atoms with E-state index >= 15 is 0 Å². The average Bonchev–Trinajstić information content (AvgIpc) is 2.78. The number of carbonyl (C=O) groups is 2. The van der Waals surface area contributed by atoms with Gasteiger partial charge in [-0.25, -0.2) is 4.79 Å². The van der Waals surface area contributed by atoms with Crippen molar-refractivity contribution in [3.05, 3.63) is 94.5 Å². The number of esters is 1. The Hall–Kier alpha value is -3.57. The van der Waals surface area contributed by atoms with E-state index in [-0.39, 0.29) is 5.78 Å². The first-order valence-corrected chi connectivity index (χ1v) is 9.40. The largest absolute Gasteiger partial charge is 0.493 e. The highest BCUT2D eigenvalue weighted by molar-refractivity contribution is 6.30. The van der Waals surface area contributed by atoms with E-state index in [4.69, 9.17) is 25.8 Å². The lowest BCUT2D eigenvalue weighted by Gasteiger charge is -2.07. The van der Waals surface area contributed by atoms with Crippen molar-refractivity contribution in [2.75, 3.05) is 14.2 Å². The Morgan fingerprint density at radius 2 is 1.43 bits per heavy atom. The summed E-state index contributed by atoms with van der Waals surface area (Å²) in [7, 11) is 3.12. The summed E-state index contributed by atoms with van der Waals surface area (Å²) in [6.07, 6.45) is 3.16. The number of hydrogen-bond donors (Lipinski definition) is 0. The molecule has 0 aliphatic carbocycles. The maximum absolute atomic E-state index is 12.4. The van der Waals surface area contributed by atoms with E-state index in [0.717, 1.165) is 5.56 Å². The molecule has 0 aliphatic heterocycles. The van der Waals surface area contributed by atoms with Crippen LogP contribution in [0.3, 0.4) is 0 Å². The van der Waals surface area contributed by atoms with E-state index in [1.54, 1.807) is 81.0 Å². The third-order valence-electron chi connectivity index (χ3n) is 4.26. The fourth-order valence-electron chi connectivity index (χ4n) is 2.66. The second-order valence-electron chi connectivity index (χ2n) is 6.23. The maximum atomic E-state index is 12.4. The highest BCUT2D eigenvalue weighted by Gasteiger charge is 2.09. The lowest BCUT2D eigenvalue weighted by atomic mass is 10.1. The van der Waals surface area contributed by atoms with Crippen molar-refractivity contribution in [2.24, 2.45) is 0 Å². The zero-order valence-electron chi connectivity index (χ0n) is 16.4. The Morgan fingerprint density at radius 1 is 0.800 bits per heavy atom. The minimum atomic E-state index is -0.501. The van der Waals surface area contributed by atoms with Gasteiger partial charge in [0.15, 0.2) is 17.3 Å². The number of hydrogen-bond acceptors (Lipinski definition) is 5. The van der Waals surface area contributed by atoms with Crippen LogP contribution < -0.4 is 14.2 Å². The molecule has 0 heterocycles. The van der Waals surface area contributed by atoms with Crippen LogP contribution in [0, 0.1) is 0 Å². The summed E-state index contributed by atoms with van der Waals surface area (Å²) in [6.45, 7) is 0. The number of benzene rings is 3. The molecular weight excluding hydrogens is 404 g/mol. The number of methoxy groups -OCH3 is 2. The van der Waals surface area contributed by atoms with Gasteiger partial charge in [0.1, 0.15) is 5.75 Å². The molecule has 0 saturated heterocycles. The van der Waals surface area contributed by atoms with Gasteiger partial charge in [0.25, 0.3) is 0 Å². The molecule has 152 valence electrons. The molecule has 3 rings (SSSR count). The molecule has 0 bridgehead atoms. The van der Waals surface area contributed by atoms with Crippen LogP contribution in [0.5, 0.6) is 17.2 Å². The van der Waals surface area contributed by atoms with Crippen LogP contribution in [0.15, 0.2) is 72.8 Å². The van der Waals surface area contributed by atoms with E-state index in [1.165, 1.54) is 6.08 Å². The minimum absolute atomic E-state index is 0.180. The number of rotatable bonds is 7. The highest BCUT2D eigenvalue weighted by atomic mass is 35.5. The van der Waals surface area contributed by atoms with Gasteiger partial charge in [-0.1, -0.05) is 23.7 Å². The predicted octanol–water partition coefficient (Wildman–Crippen LogP) is 5.47. The van der Waals surface area contributed by atoms with Crippen molar-refractivity contribution in [3.8, 4) is 17.2 Å². The van der Waals surface area contributed by atoms with E-state index < -0.39 is 5.97 Å². The molecule has 0 unspecified atom stereocenters. The number of carbonyl (C=O) groups excluding carboxylic acids is 2. The van der Waals surface area contributed by atoms with E-state index in [0.29, 0.717) is 33.4 Å². The summed E-state index contributed by atoms with van der Waals surface area (Å²) in [5.41, 5.74) is 1.66. The van der Waals surface area contributed by atoms with Gasteiger partial charge in [0.05, 0.1) is 19.8 Å². The normalized spacial score (nSPS) is 10.6. The van der Waals surface area contributed by atoms with Crippen molar-refractivity contribution >= 4 is 29.4 Å². The molecule has 3 aromatic carbocycles. The summed E-state index contributed by atoms with van der Waals surface area (Å²) in [5.74, 6) is 0.860. The molecule has 3 aromatic rings. The van der Waals surface area contributed by atoms with Crippen LogP contribution in [-0.4, -0.2) is 26.0 Å². The molecule has 0 fully saturated rings. The Labute approximate surface area is 179 Å². The predicted molar refractivity (Wildman–Crippen MR) is 116 cm³/mol. The minimum Gasteiger partial charge on any atom is -0.493 e. The summed E-state index contributed by atoms with van der Waals surface area (Å²) in [6, 6.07) is 18.1. The molecule has 0 radical (unpaired) electrons. The van der Waals surface area contributed by atoms with Crippen molar-refractivity contribution in [2.45, 2.75) is 0 Å². The maximum Gasteiger partial charge on any atom is 0.343 e. The topological polar surface area (TPSA) is 61.8 Å². The van der Waals surface area contributed by atoms with Crippen LogP contribution in [0.25, 0.3) is 6.08 Å². The Bertz CT molecular complexity index is 1070. The summed E-state index contributed by atoms with van der Waals surface area (Å²) >= 11 is 5.82. The second-order valence-corrected chi connectivity index (χ2v) is 6.67. The number of ketones is 1. The second kappa shape index (κ2) is 9.76. The first-order valence-electron chi connectivity index (χ1n) is 9.02. The molecule has 0 aromatic heterocycles. The molecule has 0 saturated carbocycles. The van der Waals surface area contributed by atoms with Crippen LogP contribution in [0.2, 0.25) is 5.02 Å². The summed E-state index contributed by atoms with van der Waals surface area (Å²) in [4.78, 5) is 24.6. The van der Waals surface area contributed by atoms with Crippen LogP contribution in [0.1, 0.15) is 26.3 Å².